The van der Waals surface area contributed by atoms with Crippen LogP contribution in [-0.2, 0) is 6.54 Å². The summed E-state index contributed by atoms with van der Waals surface area (Å²) in [6, 6.07) is 0. The molecule has 0 bridgehead atoms. The van der Waals surface area contributed by atoms with E-state index in [4.69, 9.17) is 5.73 Å². The number of nitrogens with zero attached hydrogens (tertiary/aromatic N) is 1. The molecule has 1 heterocycles. The first kappa shape index (κ1) is 12.6. The third-order valence-corrected chi connectivity index (χ3v) is 4.00. The maximum absolute atomic E-state index is 11.8. The van der Waals surface area contributed by atoms with E-state index in [1.165, 1.54) is 0 Å². The normalized spacial score (nSPS) is 10.6. The minimum atomic E-state index is -0.00148. The molecular formula is C10H15BrN2OS. The quantitative estimate of drug-likeness (QED) is 0.866. The second kappa shape index (κ2) is 5.61. The zero-order valence-electron chi connectivity index (χ0n) is 8.92. The highest BCUT2D eigenvalue weighted by molar-refractivity contribution is 9.10. The molecule has 0 aliphatic heterocycles. The predicted octanol–water partition coefficient (Wildman–Crippen LogP) is 2.25. The number of thioether (sulfide) groups is 1. The van der Waals surface area contributed by atoms with Gasteiger partial charge in [0, 0.05) is 18.5 Å². The van der Waals surface area contributed by atoms with E-state index in [0.29, 0.717) is 16.7 Å². The minimum absolute atomic E-state index is 0.00148. The number of nitrogen functional groups attached to an aromatic ring is 1. The number of halogens is 1. The Hall–Kier alpha value is -0.420. The van der Waals surface area contributed by atoms with Crippen LogP contribution in [0.5, 0.6) is 0 Å². The molecule has 0 aliphatic rings. The maximum Gasteiger partial charge on any atom is 0.265 e. The molecule has 0 saturated heterocycles. The lowest BCUT2D eigenvalue weighted by molar-refractivity contribution is 0.731. The SMILES string of the molecule is CCSCCn1cc(N)c(C)c(Br)c1=O. The highest BCUT2D eigenvalue weighted by Gasteiger charge is 2.07. The van der Waals surface area contributed by atoms with Gasteiger partial charge in [0.1, 0.15) is 0 Å². The Morgan fingerprint density at radius 3 is 2.87 bits per heavy atom. The van der Waals surface area contributed by atoms with E-state index >= 15 is 0 Å². The molecule has 0 fully saturated rings. The third kappa shape index (κ3) is 3.01. The molecule has 3 nitrogen and oxygen atoms in total. The average Bonchev–Trinajstić information content (AvgIpc) is 2.23. The second-order valence-electron chi connectivity index (χ2n) is 3.22. The van der Waals surface area contributed by atoms with E-state index in [9.17, 15) is 4.79 Å². The smallest absolute Gasteiger partial charge is 0.265 e. The zero-order chi connectivity index (χ0) is 11.4. The van der Waals surface area contributed by atoms with Gasteiger partial charge < -0.3 is 10.3 Å². The van der Waals surface area contributed by atoms with Crippen LogP contribution >= 0.6 is 27.7 Å². The largest absolute Gasteiger partial charge is 0.397 e. The van der Waals surface area contributed by atoms with Gasteiger partial charge in [-0.1, -0.05) is 6.92 Å². The van der Waals surface area contributed by atoms with Crippen molar-refractivity contribution in [3.63, 3.8) is 0 Å². The zero-order valence-corrected chi connectivity index (χ0v) is 11.3. The number of rotatable bonds is 4. The molecule has 0 radical (unpaired) electrons. The van der Waals surface area contributed by atoms with Crippen molar-refractivity contribution < 1.29 is 0 Å². The van der Waals surface area contributed by atoms with E-state index in [-0.39, 0.29) is 5.56 Å². The van der Waals surface area contributed by atoms with Gasteiger partial charge in [-0.05, 0) is 34.2 Å². The summed E-state index contributed by atoms with van der Waals surface area (Å²) < 4.78 is 2.23. The number of hydrogen-bond acceptors (Lipinski definition) is 3. The highest BCUT2D eigenvalue weighted by atomic mass is 79.9. The third-order valence-electron chi connectivity index (χ3n) is 2.19. The molecule has 15 heavy (non-hydrogen) atoms. The van der Waals surface area contributed by atoms with Crippen molar-refractivity contribution in [3.8, 4) is 0 Å². The summed E-state index contributed by atoms with van der Waals surface area (Å²) in [7, 11) is 0. The van der Waals surface area contributed by atoms with E-state index < -0.39 is 0 Å². The van der Waals surface area contributed by atoms with E-state index in [1.54, 1.807) is 10.8 Å². The Morgan fingerprint density at radius 2 is 2.27 bits per heavy atom. The molecule has 0 aliphatic carbocycles. The van der Waals surface area contributed by atoms with Gasteiger partial charge in [0.15, 0.2) is 0 Å². The lowest BCUT2D eigenvalue weighted by Crippen LogP contribution is -2.23. The van der Waals surface area contributed by atoms with E-state index in [0.717, 1.165) is 17.1 Å². The first-order valence-corrected chi connectivity index (χ1v) is 6.75. The molecule has 1 aromatic rings. The van der Waals surface area contributed by atoms with Crippen LogP contribution in [0.4, 0.5) is 5.69 Å². The number of nitrogens with two attached hydrogens (primary N) is 1. The van der Waals surface area contributed by atoms with E-state index in [1.807, 2.05) is 18.7 Å². The van der Waals surface area contributed by atoms with Crippen LogP contribution in [0.2, 0.25) is 0 Å². The standard InChI is InChI=1S/C10H15BrN2OS/c1-3-15-5-4-13-6-8(12)7(2)9(11)10(13)14/h6H,3-5,12H2,1-2H3. The number of pyridine rings is 1. The van der Waals surface area contributed by atoms with Crippen LogP contribution in [-0.4, -0.2) is 16.1 Å². The van der Waals surface area contributed by atoms with Crippen LogP contribution in [0.15, 0.2) is 15.5 Å². The van der Waals surface area contributed by atoms with Crippen molar-refractivity contribution in [1.82, 2.24) is 4.57 Å². The number of hydrogen-bond donors (Lipinski definition) is 1. The molecule has 1 aromatic heterocycles. The Kier molecular flexibility index (Phi) is 4.73. The number of aromatic nitrogens is 1. The summed E-state index contributed by atoms with van der Waals surface area (Å²) in [6.45, 7) is 4.65. The summed E-state index contributed by atoms with van der Waals surface area (Å²) in [6.07, 6.45) is 1.72. The summed E-state index contributed by atoms with van der Waals surface area (Å²) in [4.78, 5) is 11.8. The molecule has 0 atom stereocenters. The molecule has 5 heteroatoms. The fourth-order valence-corrected chi connectivity index (χ4v) is 2.28. The van der Waals surface area contributed by atoms with E-state index in [2.05, 4.69) is 22.9 Å². The van der Waals surface area contributed by atoms with Crippen molar-refractivity contribution >= 4 is 33.4 Å². The van der Waals surface area contributed by atoms with Crippen molar-refractivity contribution in [3.05, 3.63) is 26.6 Å². The van der Waals surface area contributed by atoms with Gasteiger partial charge in [-0.25, -0.2) is 0 Å². The van der Waals surface area contributed by atoms with Crippen molar-refractivity contribution in [1.29, 1.82) is 0 Å². The van der Waals surface area contributed by atoms with Crippen molar-refractivity contribution in [2.24, 2.45) is 0 Å². The average molecular weight is 291 g/mol. The monoisotopic (exact) mass is 290 g/mol. The topological polar surface area (TPSA) is 48.0 Å². The number of anilines is 1. The molecular weight excluding hydrogens is 276 g/mol. The highest BCUT2D eigenvalue weighted by Crippen LogP contribution is 2.17. The first-order chi connectivity index (χ1) is 7.07. The van der Waals surface area contributed by atoms with Gasteiger partial charge in [-0.2, -0.15) is 11.8 Å². The fraction of sp³-hybridized carbons (Fsp3) is 0.500. The Labute approximate surface area is 102 Å². The molecule has 84 valence electrons. The molecule has 0 amide bonds. The maximum atomic E-state index is 11.8. The fourth-order valence-electron chi connectivity index (χ4n) is 1.21. The number of aryl methyl sites for hydroxylation is 1. The van der Waals surface area contributed by atoms with Crippen LogP contribution in [0.1, 0.15) is 12.5 Å². The van der Waals surface area contributed by atoms with Gasteiger partial charge in [0.05, 0.1) is 10.2 Å². The van der Waals surface area contributed by atoms with Crippen LogP contribution < -0.4 is 11.3 Å². The van der Waals surface area contributed by atoms with Crippen LogP contribution in [0.25, 0.3) is 0 Å². The molecule has 1 rings (SSSR count). The second-order valence-corrected chi connectivity index (χ2v) is 5.41. The summed E-state index contributed by atoms with van der Waals surface area (Å²) >= 11 is 5.08. The molecule has 0 unspecified atom stereocenters. The van der Waals surface area contributed by atoms with Gasteiger partial charge in [-0.15, -0.1) is 0 Å². The Morgan fingerprint density at radius 1 is 1.60 bits per heavy atom. The van der Waals surface area contributed by atoms with Crippen LogP contribution in [0, 0.1) is 6.92 Å². The van der Waals surface area contributed by atoms with Crippen molar-refractivity contribution in [2.75, 3.05) is 17.2 Å². The van der Waals surface area contributed by atoms with Crippen molar-refractivity contribution in [2.45, 2.75) is 20.4 Å². The Bertz CT molecular complexity index is 403. The lowest BCUT2D eigenvalue weighted by atomic mass is 10.2. The molecule has 0 aromatic carbocycles. The molecule has 0 spiro atoms. The minimum Gasteiger partial charge on any atom is -0.397 e. The summed E-state index contributed by atoms with van der Waals surface area (Å²) in [5.74, 6) is 2.00. The summed E-state index contributed by atoms with van der Waals surface area (Å²) in [5.41, 5.74) is 7.27. The van der Waals surface area contributed by atoms with Gasteiger partial charge in [-0.3, -0.25) is 4.79 Å². The summed E-state index contributed by atoms with van der Waals surface area (Å²) in [5, 5.41) is 0. The Balaban J connectivity index is 2.94. The lowest BCUT2D eigenvalue weighted by Gasteiger charge is -2.09. The van der Waals surface area contributed by atoms with Crippen LogP contribution in [0.3, 0.4) is 0 Å². The predicted molar refractivity (Wildman–Crippen MR) is 70.6 cm³/mol. The van der Waals surface area contributed by atoms with Gasteiger partial charge >= 0.3 is 0 Å². The molecule has 0 saturated carbocycles. The first-order valence-electron chi connectivity index (χ1n) is 4.80. The van der Waals surface area contributed by atoms with Gasteiger partial charge in [0.25, 0.3) is 5.56 Å². The molecule has 2 N–H and O–H groups in total. The van der Waals surface area contributed by atoms with Gasteiger partial charge in [0.2, 0.25) is 0 Å².